The summed E-state index contributed by atoms with van der Waals surface area (Å²) in [4.78, 5) is 27.0. The van der Waals surface area contributed by atoms with Gasteiger partial charge in [0.05, 0.1) is 0 Å². The van der Waals surface area contributed by atoms with Crippen molar-refractivity contribution in [3.63, 3.8) is 0 Å². The van der Waals surface area contributed by atoms with Crippen molar-refractivity contribution in [2.24, 2.45) is 5.41 Å². The molecule has 1 aliphatic carbocycles. The summed E-state index contributed by atoms with van der Waals surface area (Å²) in [5.41, 5.74) is 2.85. The maximum Gasteiger partial charge on any atom is 0.315 e. The Hall–Kier alpha value is -3.25. The Balaban J connectivity index is 1.07. The number of carbonyl (C=O) groups excluding carboxylic acids is 2. The van der Waals surface area contributed by atoms with Crippen LogP contribution in [0.3, 0.4) is 0 Å². The van der Waals surface area contributed by atoms with E-state index in [1.54, 1.807) is 0 Å². The number of likely N-dealkylation sites (tertiary alicyclic amines) is 1. The number of amides is 3. The summed E-state index contributed by atoms with van der Waals surface area (Å²) in [6.07, 6.45) is 5.76. The molecule has 2 heterocycles. The van der Waals surface area contributed by atoms with Gasteiger partial charge in [0.15, 0.2) is 0 Å². The number of nitrogens with zero attached hydrogens (tertiary/aromatic N) is 2. The Morgan fingerprint density at radius 3 is 2.44 bits per heavy atom. The maximum absolute atomic E-state index is 12.9. The van der Waals surface area contributed by atoms with Crippen molar-refractivity contribution in [2.75, 3.05) is 13.1 Å². The molecule has 1 saturated carbocycles. The Kier molecular flexibility index (Phi) is 5.39. The Bertz CT molecular complexity index is 1110. The van der Waals surface area contributed by atoms with Gasteiger partial charge in [0, 0.05) is 59.8 Å². The third kappa shape index (κ3) is 4.23. The van der Waals surface area contributed by atoms with Crippen LogP contribution in [0.5, 0.6) is 0 Å². The van der Waals surface area contributed by atoms with Crippen LogP contribution in [0.4, 0.5) is 4.79 Å². The van der Waals surface area contributed by atoms with E-state index in [1.165, 1.54) is 0 Å². The molecule has 1 aliphatic heterocycles. The average Bonchev–Trinajstić information content (AvgIpc) is 3.29. The number of urea groups is 1. The molecule has 3 aromatic rings. The Morgan fingerprint density at radius 1 is 1.00 bits per heavy atom. The summed E-state index contributed by atoms with van der Waals surface area (Å²) in [5, 5.41) is 6.60. The molecule has 2 aromatic carbocycles. The highest BCUT2D eigenvalue weighted by Gasteiger charge is 2.54. The van der Waals surface area contributed by atoms with E-state index in [-0.39, 0.29) is 23.4 Å². The van der Waals surface area contributed by atoms with Crippen molar-refractivity contribution >= 4 is 23.5 Å². The first-order valence-electron chi connectivity index (χ1n) is 10.8. The van der Waals surface area contributed by atoms with Gasteiger partial charge in [-0.3, -0.25) is 4.79 Å². The lowest BCUT2D eigenvalue weighted by Gasteiger charge is -2.59. The van der Waals surface area contributed by atoms with Crippen LogP contribution in [-0.4, -0.2) is 40.5 Å². The summed E-state index contributed by atoms with van der Waals surface area (Å²) in [6.45, 7) is 1.97. The van der Waals surface area contributed by atoms with Gasteiger partial charge in [0.2, 0.25) is 0 Å². The largest absolute Gasteiger partial charge is 0.337 e. The predicted molar refractivity (Wildman–Crippen MR) is 124 cm³/mol. The highest BCUT2D eigenvalue weighted by atomic mass is 35.5. The maximum atomic E-state index is 12.9. The van der Waals surface area contributed by atoms with E-state index < -0.39 is 0 Å². The van der Waals surface area contributed by atoms with Gasteiger partial charge in [-0.1, -0.05) is 29.8 Å². The third-order valence-electron chi connectivity index (χ3n) is 6.40. The number of aromatic nitrogens is 1. The molecule has 7 heteroatoms. The molecule has 1 spiro atoms. The van der Waals surface area contributed by atoms with Gasteiger partial charge in [-0.25, -0.2) is 4.79 Å². The van der Waals surface area contributed by atoms with E-state index in [0.29, 0.717) is 17.1 Å². The summed E-state index contributed by atoms with van der Waals surface area (Å²) in [6, 6.07) is 19.1. The lowest BCUT2D eigenvalue weighted by atomic mass is 9.60. The van der Waals surface area contributed by atoms with Crippen LogP contribution >= 0.6 is 11.6 Å². The molecule has 6 nitrogen and oxygen atoms in total. The molecular formula is C25H25ClN4O2. The summed E-state index contributed by atoms with van der Waals surface area (Å²) in [5.74, 6) is 0.0711. The zero-order valence-electron chi connectivity index (χ0n) is 17.6. The molecular weight excluding hydrogens is 424 g/mol. The second kappa shape index (κ2) is 8.36. The fourth-order valence-electron chi connectivity index (χ4n) is 4.76. The zero-order valence-corrected chi connectivity index (χ0v) is 18.4. The molecule has 32 heavy (non-hydrogen) atoms. The van der Waals surface area contributed by atoms with Gasteiger partial charge >= 0.3 is 6.03 Å². The first-order chi connectivity index (χ1) is 15.5. The minimum absolute atomic E-state index is 0.0711. The average molecular weight is 449 g/mol. The number of halogens is 1. The molecule has 0 bridgehead atoms. The second-order valence-electron chi connectivity index (χ2n) is 8.86. The number of hydrogen-bond acceptors (Lipinski definition) is 2. The molecule has 0 unspecified atom stereocenters. The van der Waals surface area contributed by atoms with Crippen LogP contribution in [0, 0.1) is 5.41 Å². The van der Waals surface area contributed by atoms with Crippen molar-refractivity contribution in [3.8, 4) is 5.69 Å². The van der Waals surface area contributed by atoms with Crippen LogP contribution in [0.25, 0.3) is 5.69 Å². The van der Waals surface area contributed by atoms with Crippen molar-refractivity contribution < 1.29 is 9.59 Å². The first-order valence-corrected chi connectivity index (χ1v) is 11.2. The molecule has 2 fully saturated rings. The van der Waals surface area contributed by atoms with Crippen molar-refractivity contribution in [2.45, 2.75) is 25.4 Å². The summed E-state index contributed by atoms with van der Waals surface area (Å²) < 4.78 is 1.99. The zero-order chi connectivity index (χ0) is 22.1. The van der Waals surface area contributed by atoms with Crippen LogP contribution in [0.15, 0.2) is 73.1 Å². The molecule has 1 saturated heterocycles. The van der Waals surface area contributed by atoms with E-state index >= 15 is 0 Å². The minimum atomic E-state index is -0.158. The lowest BCUT2D eigenvalue weighted by molar-refractivity contribution is -0.0585. The Labute approximate surface area is 192 Å². The van der Waals surface area contributed by atoms with E-state index in [2.05, 4.69) is 10.6 Å². The predicted octanol–water partition coefficient (Wildman–Crippen LogP) is 4.23. The van der Waals surface area contributed by atoms with E-state index in [1.807, 2.05) is 82.5 Å². The SMILES string of the molecule is O=C(NCc1ccc(Cl)cc1)NC1CC2(C1)CN(C(=O)c1cccc(-n3cccc3)c1)C2. The summed E-state index contributed by atoms with van der Waals surface area (Å²) >= 11 is 5.88. The van der Waals surface area contributed by atoms with E-state index in [4.69, 9.17) is 11.6 Å². The highest BCUT2D eigenvalue weighted by molar-refractivity contribution is 6.30. The molecule has 164 valence electrons. The number of nitrogens with one attached hydrogen (secondary N) is 2. The van der Waals surface area contributed by atoms with Crippen molar-refractivity contribution in [1.29, 1.82) is 0 Å². The molecule has 5 rings (SSSR count). The summed E-state index contributed by atoms with van der Waals surface area (Å²) in [7, 11) is 0. The van der Waals surface area contributed by atoms with E-state index in [9.17, 15) is 9.59 Å². The molecule has 3 amide bonds. The molecule has 0 atom stereocenters. The van der Waals surface area contributed by atoms with Gasteiger partial charge in [-0.05, 0) is 60.9 Å². The number of benzene rings is 2. The van der Waals surface area contributed by atoms with Gasteiger partial charge in [-0.15, -0.1) is 0 Å². The molecule has 0 radical (unpaired) electrons. The lowest BCUT2D eigenvalue weighted by Crippen LogP contribution is -2.67. The van der Waals surface area contributed by atoms with Gasteiger partial charge < -0.3 is 20.1 Å². The first kappa shape index (κ1) is 20.6. The fourth-order valence-corrected chi connectivity index (χ4v) is 4.89. The van der Waals surface area contributed by atoms with Gasteiger partial charge in [0.25, 0.3) is 5.91 Å². The van der Waals surface area contributed by atoms with Gasteiger partial charge in [0.1, 0.15) is 0 Å². The van der Waals surface area contributed by atoms with Crippen LogP contribution in [0.2, 0.25) is 5.02 Å². The molecule has 2 N–H and O–H groups in total. The third-order valence-corrected chi connectivity index (χ3v) is 6.65. The molecule has 2 aliphatic rings. The second-order valence-corrected chi connectivity index (χ2v) is 9.30. The number of rotatable bonds is 5. The number of carbonyl (C=O) groups is 2. The van der Waals surface area contributed by atoms with Crippen molar-refractivity contribution in [1.82, 2.24) is 20.1 Å². The normalized spacial score (nSPS) is 16.8. The smallest absolute Gasteiger partial charge is 0.315 e. The van der Waals surface area contributed by atoms with Crippen LogP contribution < -0.4 is 10.6 Å². The number of hydrogen-bond donors (Lipinski definition) is 2. The van der Waals surface area contributed by atoms with E-state index in [0.717, 1.165) is 37.2 Å². The van der Waals surface area contributed by atoms with Crippen LogP contribution in [-0.2, 0) is 6.54 Å². The Morgan fingerprint density at radius 2 is 1.72 bits per heavy atom. The molecule has 1 aromatic heterocycles. The minimum Gasteiger partial charge on any atom is -0.337 e. The van der Waals surface area contributed by atoms with Gasteiger partial charge in [-0.2, -0.15) is 0 Å². The topological polar surface area (TPSA) is 66.4 Å². The highest BCUT2D eigenvalue weighted by Crippen LogP contribution is 2.48. The standard InChI is InChI=1S/C25H25ClN4O2/c26-20-8-6-18(7-9-20)15-27-24(32)28-21-13-25(14-21)16-30(17-25)23(31)19-4-3-5-22(12-19)29-10-1-2-11-29/h1-12,21H,13-17H2,(H2,27,28,32). The van der Waals surface area contributed by atoms with Crippen LogP contribution in [0.1, 0.15) is 28.8 Å². The van der Waals surface area contributed by atoms with Crippen molar-refractivity contribution in [3.05, 3.63) is 89.2 Å². The fraction of sp³-hybridized carbons (Fsp3) is 0.280. The monoisotopic (exact) mass is 448 g/mol. The quantitative estimate of drug-likeness (QED) is 0.613.